The molecular weight excluding hydrogens is 545 g/mol. The number of nitrogens with one attached hydrogen (secondary N) is 1. The molecule has 0 saturated carbocycles. The molecule has 38 heavy (non-hydrogen) atoms. The van der Waals surface area contributed by atoms with Crippen LogP contribution < -0.4 is 9.62 Å². The normalized spacial score (nSPS) is 12.7. The molecule has 7 nitrogen and oxygen atoms in total. The van der Waals surface area contributed by atoms with E-state index in [0.717, 1.165) is 22.9 Å². The Bertz CT molecular complexity index is 1260. The van der Waals surface area contributed by atoms with E-state index >= 15 is 0 Å². The molecule has 0 unspecified atom stereocenters. The van der Waals surface area contributed by atoms with Gasteiger partial charge in [0.2, 0.25) is 21.8 Å². The van der Waals surface area contributed by atoms with E-state index in [9.17, 15) is 18.0 Å². The summed E-state index contributed by atoms with van der Waals surface area (Å²) in [5.74, 6) is -0.497. The maximum Gasteiger partial charge on any atom is 0.243 e. The molecule has 0 fully saturated rings. The second kappa shape index (κ2) is 13.2. The second-order valence-electron chi connectivity index (χ2n) is 10.6. The highest BCUT2D eigenvalue weighted by Gasteiger charge is 2.31. The van der Waals surface area contributed by atoms with Crippen molar-refractivity contribution in [2.45, 2.75) is 78.9 Å². The summed E-state index contributed by atoms with van der Waals surface area (Å²) in [5.41, 5.74) is 2.72. The predicted molar refractivity (Wildman–Crippen MR) is 156 cm³/mol. The van der Waals surface area contributed by atoms with Gasteiger partial charge in [0.1, 0.15) is 6.04 Å². The van der Waals surface area contributed by atoms with Crippen LogP contribution in [0.25, 0.3) is 0 Å². The number of hydrogen-bond acceptors (Lipinski definition) is 4. The van der Waals surface area contributed by atoms with E-state index in [2.05, 4.69) is 5.32 Å². The summed E-state index contributed by atoms with van der Waals surface area (Å²) < 4.78 is 26.6. The molecule has 0 bridgehead atoms. The van der Waals surface area contributed by atoms with Crippen LogP contribution in [-0.4, -0.2) is 49.5 Å². The number of benzene rings is 2. The van der Waals surface area contributed by atoms with Crippen molar-refractivity contribution < 1.29 is 18.0 Å². The van der Waals surface area contributed by atoms with Gasteiger partial charge in [-0.3, -0.25) is 13.9 Å². The SMILES string of the molecule is CC[C@H](C(=O)NC(C)(C)C)N(Cc1ccc(Cl)c(Cl)c1)C(=O)CCCN(c1cccc(C)c1C)S(C)(=O)=O. The summed E-state index contributed by atoms with van der Waals surface area (Å²) in [4.78, 5) is 28.3. The van der Waals surface area contributed by atoms with Crippen molar-refractivity contribution in [2.75, 3.05) is 17.1 Å². The number of aryl methyl sites for hydroxylation is 1. The molecule has 2 aromatic carbocycles. The summed E-state index contributed by atoms with van der Waals surface area (Å²) in [6.07, 6.45) is 1.93. The maximum absolute atomic E-state index is 13.6. The summed E-state index contributed by atoms with van der Waals surface area (Å²) in [6, 6.07) is 9.93. The van der Waals surface area contributed by atoms with Crippen molar-refractivity contribution in [3.63, 3.8) is 0 Å². The highest BCUT2D eigenvalue weighted by Crippen LogP contribution is 2.27. The molecule has 0 radical (unpaired) electrons. The molecule has 0 aromatic heterocycles. The summed E-state index contributed by atoms with van der Waals surface area (Å²) >= 11 is 12.3. The van der Waals surface area contributed by atoms with Gasteiger partial charge in [0.25, 0.3) is 0 Å². The number of carbonyl (C=O) groups is 2. The first-order valence-electron chi connectivity index (χ1n) is 12.6. The average molecular weight is 585 g/mol. The van der Waals surface area contributed by atoms with Crippen LogP contribution in [-0.2, 0) is 26.2 Å². The van der Waals surface area contributed by atoms with E-state index in [0.29, 0.717) is 22.2 Å². The van der Waals surface area contributed by atoms with Crippen molar-refractivity contribution >= 4 is 50.7 Å². The molecule has 0 heterocycles. The Kier molecular flexibility index (Phi) is 11.1. The Labute approximate surface area is 237 Å². The molecule has 0 saturated heterocycles. The first-order chi connectivity index (χ1) is 17.5. The van der Waals surface area contributed by atoms with Crippen LogP contribution in [0.15, 0.2) is 36.4 Å². The fourth-order valence-corrected chi connectivity index (χ4v) is 5.53. The Morgan fingerprint density at radius 1 is 1.05 bits per heavy atom. The fraction of sp³-hybridized carbons (Fsp3) is 0.500. The summed E-state index contributed by atoms with van der Waals surface area (Å²) in [7, 11) is -3.57. The standard InChI is InChI=1S/C28H39Cl2N3O4S/c1-8-24(27(35)31-28(4,5)6)32(18-21-14-15-22(29)23(30)17-21)26(34)13-10-16-33(38(7,36)37)25-12-9-11-19(2)20(25)3/h9,11-12,14-15,17,24H,8,10,13,16,18H2,1-7H3,(H,31,35)/t24-/m1/s1. The number of carbonyl (C=O) groups excluding carboxylic acids is 2. The van der Waals surface area contributed by atoms with Gasteiger partial charge in [-0.1, -0.05) is 48.3 Å². The maximum atomic E-state index is 13.6. The van der Waals surface area contributed by atoms with E-state index in [1.54, 1.807) is 29.2 Å². The van der Waals surface area contributed by atoms with Crippen LogP contribution in [0.2, 0.25) is 10.0 Å². The topological polar surface area (TPSA) is 86.8 Å². The molecule has 0 aliphatic heterocycles. The number of rotatable bonds is 11. The number of amides is 2. The van der Waals surface area contributed by atoms with Gasteiger partial charge < -0.3 is 10.2 Å². The highest BCUT2D eigenvalue weighted by molar-refractivity contribution is 7.92. The van der Waals surface area contributed by atoms with Gasteiger partial charge in [-0.25, -0.2) is 8.42 Å². The lowest BCUT2D eigenvalue weighted by molar-refractivity contribution is -0.142. The lowest BCUT2D eigenvalue weighted by Gasteiger charge is -2.33. The molecule has 0 spiro atoms. The Hall–Kier alpha value is -2.29. The number of nitrogens with zero attached hydrogens (tertiary/aromatic N) is 2. The molecule has 210 valence electrons. The van der Waals surface area contributed by atoms with Crippen molar-refractivity contribution in [2.24, 2.45) is 0 Å². The van der Waals surface area contributed by atoms with E-state index in [4.69, 9.17) is 23.2 Å². The van der Waals surface area contributed by atoms with Crippen LogP contribution in [0.4, 0.5) is 5.69 Å². The number of halogens is 2. The smallest absolute Gasteiger partial charge is 0.243 e. The van der Waals surface area contributed by atoms with Crippen LogP contribution in [0.1, 0.15) is 63.6 Å². The van der Waals surface area contributed by atoms with E-state index in [1.165, 1.54) is 4.31 Å². The number of anilines is 1. The van der Waals surface area contributed by atoms with Gasteiger partial charge in [0.15, 0.2) is 0 Å². The van der Waals surface area contributed by atoms with Crippen molar-refractivity contribution in [1.82, 2.24) is 10.2 Å². The molecule has 1 atom stereocenters. The quantitative estimate of drug-likeness (QED) is 0.358. The second-order valence-corrected chi connectivity index (χ2v) is 13.3. The molecular formula is C28H39Cl2N3O4S. The molecule has 2 aromatic rings. The van der Waals surface area contributed by atoms with Crippen LogP contribution in [0.5, 0.6) is 0 Å². The molecule has 0 aliphatic carbocycles. The van der Waals surface area contributed by atoms with Crippen molar-refractivity contribution in [3.8, 4) is 0 Å². The van der Waals surface area contributed by atoms with Crippen molar-refractivity contribution in [1.29, 1.82) is 0 Å². The lowest BCUT2D eigenvalue weighted by atomic mass is 10.0. The molecule has 2 rings (SSSR count). The first-order valence-corrected chi connectivity index (χ1v) is 15.2. The van der Waals surface area contributed by atoms with Gasteiger partial charge >= 0.3 is 0 Å². The third-order valence-electron chi connectivity index (χ3n) is 6.22. The predicted octanol–water partition coefficient (Wildman–Crippen LogP) is 5.88. The zero-order valence-electron chi connectivity index (χ0n) is 23.3. The first kappa shape index (κ1) is 31.9. The van der Waals surface area contributed by atoms with Crippen LogP contribution >= 0.6 is 23.2 Å². The van der Waals surface area contributed by atoms with Crippen LogP contribution in [0, 0.1) is 13.8 Å². The highest BCUT2D eigenvalue weighted by atomic mass is 35.5. The molecule has 10 heteroatoms. The van der Waals surface area contributed by atoms with Gasteiger partial charge in [-0.2, -0.15) is 0 Å². The monoisotopic (exact) mass is 583 g/mol. The summed E-state index contributed by atoms with van der Waals surface area (Å²) in [5, 5.41) is 3.73. The molecule has 1 N–H and O–H groups in total. The zero-order valence-corrected chi connectivity index (χ0v) is 25.6. The Balaban J connectivity index is 2.30. The fourth-order valence-electron chi connectivity index (χ4n) is 4.20. The molecule has 0 aliphatic rings. The van der Waals surface area contributed by atoms with Gasteiger partial charge in [-0.15, -0.1) is 0 Å². The minimum absolute atomic E-state index is 0.0670. The molecule has 2 amide bonds. The van der Waals surface area contributed by atoms with Crippen molar-refractivity contribution in [3.05, 3.63) is 63.1 Å². The zero-order chi connectivity index (χ0) is 28.8. The van der Waals surface area contributed by atoms with E-state index in [1.807, 2.05) is 53.7 Å². The van der Waals surface area contributed by atoms with E-state index < -0.39 is 21.6 Å². The number of hydrogen-bond donors (Lipinski definition) is 1. The van der Waals surface area contributed by atoms with Gasteiger partial charge in [0, 0.05) is 25.0 Å². The van der Waals surface area contributed by atoms with E-state index in [-0.39, 0.29) is 37.7 Å². The Morgan fingerprint density at radius 2 is 1.71 bits per heavy atom. The minimum Gasteiger partial charge on any atom is -0.350 e. The summed E-state index contributed by atoms with van der Waals surface area (Å²) in [6.45, 7) is 11.6. The largest absolute Gasteiger partial charge is 0.350 e. The third-order valence-corrected chi connectivity index (χ3v) is 8.14. The average Bonchev–Trinajstić information content (AvgIpc) is 2.79. The number of sulfonamides is 1. The lowest BCUT2D eigenvalue weighted by Crippen LogP contribution is -2.53. The Morgan fingerprint density at radius 3 is 2.26 bits per heavy atom. The van der Waals surface area contributed by atoms with Crippen LogP contribution in [0.3, 0.4) is 0 Å². The van der Waals surface area contributed by atoms with Gasteiger partial charge in [-0.05, 0) is 82.3 Å². The van der Waals surface area contributed by atoms with Gasteiger partial charge in [0.05, 0.1) is 22.0 Å². The minimum atomic E-state index is -3.57. The third kappa shape index (κ3) is 8.89.